The number of hydrogen-bond donors (Lipinski definition) is 2. The smallest absolute Gasteiger partial charge is 0.405 e. The quantitative estimate of drug-likeness (QED) is 0.891. The summed E-state index contributed by atoms with van der Waals surface area (Å²) in [5.41, 5.74) is -0.122. The lowest BCUT2D eigenvalue weighted by Crippen LogP contribution is -2.37. The lowest BCUT2D eigenvalue weighted by molar-refractivity contribution is -0.274. The molecular formula is C13H15F3N2O2. The third-order valence-electron chi connectivity index (χ3n) is 3.03. The predicted octanol–water partition coefficient (Wildman–Crippen LogP) is 2.07. The van der Waals surface area contributed by atoms with Gasteiger partial charge in [-0.1, -0.05) is 12.1 Å². The summed E-state index contributed by atoms with van der Waals surface area (Å²) in [7, 11) is 0. The van der Waals surface area contributed by atoms with Crippen molar-refractivity contribution in [2.75, 3.05) is 13.1 Å². The van der Waals surface area contributed by atoms with Gasteiger partial charge in [-0.2, -0.15) is 0 Å². The number of nitrogens with one attached hydrogen (secondary N) is 2. The minimum absolute atomic E-state index is 0.122. The van der Waals surface area contributed by atoms with Crippen molar-refractivity contribution >= 4 is 5.91 Å². The van der Waals surface area contributed by atoms with Gasteiger partial charge in [-0.25, -0.2) is 0 Å². The topological polar surface area (TPSA) is 50.4 Å². The highest BCUT2D eigenvalue weighted by Crippen LogP contribution is 2.26. The maximum atomic E-state index is 12.3. The molecule has 1 amide bonds. The van der Waals surface area contributed by atoms with Crippen molar-refractivity contribution < 1.29 is 22.7 Å². The average molecular weight is 288 g/mol. The Bertz CT molecular complexity index is 471. The molecule has 2 N–H and O–H groups in total. The number of ether oxygens (including phenoxy) is 1. The van der Waals surface area contributed by atoms with Crippen molar-refractivity contribution in [1.82, 2.24) is 10.6 Å². The molecule has 1 aliphatic heterocycles. The molecule has 1 atom stereocenters. The second-order valence-electron chi connectivity index (χ2n) is 4.55. The van der Waals surface area contributed by atoms with E-state index in [-0.39, 0.29) is 11.6 Å². The van der Waals surface area contributed by atoms with Crippen LogP contribution in [0.25, 0.3) is 0 Å². The van der Waals surface area contributed by atoms with E-state index in [2.05, 4.69) is 15.4 Å². The Balaban J connectivity index is 2.01. The Kier molecular flexibility index (Phi) is 4.49. The largest absolute Gasteiger partial charge is 0.573 e. The first-order chi connectivity index (χ1) is 9.46. The fraction of sp³-hybridized carbons (Fsp3) is 0.462. The highest BCUT2D eigenvalue weighted by Gasteiger charge is 2.32. The summed E-state index contributed by atoms with van der Waals surface area (Å²) in [6, 6.07) is 5.48. The zero-order chi connectivity index (χ0) is 14.6. The van der Waals surface area contributed by atoms with Gasteiger partial charge in [0.05, 0.1) is 5.56 Å². The number of benzene rings is 1. The Hall–Kier alpha value is -1.76. The van der Waals surface area contributed by atoms with E-state index in [0.717, 1.165) is 25.5 Å². The van der Waals surface area contributed by atoms with Gasteiger partial charge in [0.15, 0.2) is 0 Å². The van der Waals surface area contributed by atoms with Crippen molar-refractivity contribution in [2.24, 2.45) is 0 Å². The van der Waals surface area contributed by atoms with Gasteiger partial charge < -0.3 is 15.4 Å². The summed E-state index contributed by atoms with van der Waals surface area (Å²) in [5.74, 6) is -1.06. The second-order valence-corrected chi connectivity index (χ2v) is 4.55. The number of rotatable bonds is 4. The van der Waals surface area contributed by atoms with Crippen LogP contribution >= 0.6 is 0 Å². The van der Waals surface area contributed by atoms with Crippen LogP contribution in [0.1, 0.15) is 23.2 Å². The number of para-hydroxylation sites is 1. The normalized spacial score (nSPS) is 18.9. The molecule has 1 fully saturated rings. The maximum Gasteiger partial charge on any atom is 0.573 e. The van der Waals surface area contributed by atoms with Crippen LogP contribution in [0.5, 0.6) is 5.75 Å². The van der Waals surface area contributed by atoms with Crippen molar-refractivity contribution in [1.29, 1.82) is 0 Å². The van der Waals surface area contributed by atoms with Crippen molar-refractivity contribution in [2.45, 2.75) is 25.2 Å². The van der Waals surface area contributed by atoms with Gasteiger partial charge in [0.1, 0.15) is 5.75 Å². The van der Waals surface area contributed by atoms with Gasteiger partial charge >= 0.3 is 6.36 Å². The molecule has 0 saturated carbocycles. The summed E-state index contributed by atoms with van der Waals surface area (Å²) in [6.07, 6.45) is -2.83. The monoisotopic (exact) mass is 288 g/mol. The van der Waals surface area contributed by atoms with E-state index in [1.807, 2.05) is 0 Å². The van der Waals surface area contributed by atoms with E-state index < -0.39 is 18.0 Å². The molecule has 0 bridgehead atoms. The van der Waals surface area contributed by atoms with E-state index in [9.17, 15) is 18.0 Å². The fourth-order valence-electron chi connectivity index (χ4n) is 2.11. The molecule has 0 aliphatic carbocycles. The van der Waals surface area contributed by atoms with Crippen LogP contribution in [0.4, 0.5) is 13.2 Å². The number of amides is 1. The zero-order valence-corrected chi connectivity index (χ0v) is 10.7. The van der Waals surface area contributed by atoms with Gasteiger partial charge in [-0.05, 0) is 31.5 Å². The van der Waals surface area contributed by atoms with Crippen LogP contribution in [-0.4, -0.2) is 31.4 Å². The summed E-state index contributed by atoms with van der Waals surface area (Å²) >= 11 is 0. The summed E-state index contributed by atoms with van der Waals surface area (Å²) in [4.78, 5) is 11.9. The third-order valence-corrected chi connectivity index (χ3v) is 3.03. The van der Waals surface area contributed by atoms with Crippen LogP contribution in [0.3, 0.4) is 0 Å². The van der Waals surface area contributed by atoms with E-state index in [1.54, 1.807) is 0 Å². The van der Waals surface area contributed by atoms with Gasteiger partial charge in [-0.15, -0.1) is 13.2 Å². The Morgan fingerprint density at radius 1 is 1.40 bits per heavy atom. The van der Waals surface area contributed by atoms with Crippen LogP contribution in [0.15, 0.2) is 24.3 Å². The molecule has 1 aromatic carbocycles. The molecule has 1 aliphatic rings. The van der Waals surface area contributed by atoms with Gasteiger partial charge in [0.25, 0.3) is 5.91 Å². The summed E-state index contributed by atoms with van der Waals surface area (Å²) < 4.78 is 40.6. The Morgan fingerprint density at radius 3 is 2.80 bits per heavy atom. The van der Waals surface area contributed by atoms with Crippen LogP contribution < -0.4 is 15.4 Å². The third kappa shape index (κ3) is 4.12. The second kappa shape index (κ2) is 6.13. The highest BCUT2D eigenvalue weighted by atomic mass is 19.4. The van der Waals surface area contributed by atoms with E-state index in [1.165, 1.54) is 18.2 Å². The van der Waals surface area contributed by atoms with Crippen molar-refractivity contribution in [3.63, 3.8) is 0 Å². The minimum atomic E-state index is -4.82. The predicted molar refractivity (Wildman–Crippen MR) is 66.5 cm³/mol. The molecule has 0 spiro atoms. The molecule has 2 rings (SSSR count). The number of carbonyl (C=O) groups excluding carboxylic acids is 1. The number of alkyl halides is 3. The molecule has 0 unspecified atom stereocenters. The molecule has 0 aromatic heterocycles. The molecule has 1 saturated heterocycles. The lowest BCUT2D eigenvalue weighted by Gasteiger charge is -2.15. The van der Waals surface area contributed by atoms with Crippen LogP contribution in [0, 0.1) is 0 Å². The highest BCUT2D eigenvalue weighted by molar-refractivity contribution is 5.96. The number of hydrogen-bond acceptors (Lipinski definition) is 3. The number of carbonyl (C=O) groups is 1. The first-order valence-electron chi connectivity index (χ1n) is 6.32. The minimum Gasteiger partial charge on any atom is -0.405 e. The van der Waals surface area contributed by atoms with Crippen LogP contribution in [-0.2, 0) is 0 Å². The van der Waals surface area contributed by atoms with Crippen molar-refractivity contribution in [3.8, 4) is 5.75 Å². The summed E-state index contributed by atoms with van der Waals surface area (Å²) in [6.45, 7) is 1.29. The average Bonchev–Trinajstić information content (AvgIpc) is 2.88. The Labute approximate surface area is 114 Å². The van der Waals surface area contributed by atoms with Gasteiger partial charge in [0.2, 0.25) is 0 Å². The SMILES string of the molecule is O=C(NC[C@H]1CCCN1)c1ccccc1OC(F)(F)F. The van der Waals surface area contributed by atoms with E-state index >= 15 is 0 Å². The molecule has 0 radical (unpaired) electrons. The first-order valence-corrected chi connectivity index (χ1v) is 6.32. The van der Waals surface area contributed by atoms with E-state index in [4.69, 9.17) is 0 Å². The van der Waals surface area contributed by atoms with Gasteiger partial charge in [-0.3, -0.25) is 4.79 Å². The molecular weight excluding hydrogens is 273 g/mol. The molecule has 1 heterocycles. The molecule has 1 aromatic rings. The Morgan fingerprint density at radius 2 is 2.15 bits per heavy atom. The summed E-state index contributed by atoms with van der Waals surface area (Å²) in [5, 5.41) is 5.81. The lowest BCUT2D eigenvalue weighted by atomic mass is 10.1. The number of halogens is 3. The molecule has 4 nitrogen and oxygen atoms in total. The van der Waals surface area contributed by atoms with Gasteiger partial charge in [0, 0.05) is 12.6 Å². The molecule has 20 heavy (non-hydrogen) atoms. The van der Waals surface area contributed by atoms with E-state index in [0.29, 0.717) is 6.54 Å². The fourth-order valence-corrected chi connectivity index (χ4v) is 2.11. The maximum absolute atomic E-state index is 12.3. The van der Waals surface area contributed by atoms with Crippen LogP contribution in [0.2, 0.25) is 0 Å². The molecule has 7 heteroatoms. The zero-order valence-electron chi connectivity index (χ0n) is 10.7. The standard InChI is InChI=1S/C13H15F3N2O2/c14-13(15,16)20-11-6-2-1-5-10(11)12(19)18-8-9-4-3-7-17-9/h1-2,5-6,9,17H,3-4,7-8H2,(H,18,19)/t9-/m1/s1. The van der Waals surface area contributed by atoms with Crippen molar-refractivity contribution in [3.05, 3.63) is 29.8 Å². The first kappa shape index (κ1) is 14.6. The molecule has 110 valence electrons.